The molecule has 0 aliphatic carbocycles. The third-order valence-corrected chi connectivity index (χ3v) is 2.99. The number of likely N-dealkylation sites (tertiary alicyclic amines) is 1. The summed E-state index contributed by atoms with van der Waals surface area (Å²) in [4.78, 5) is 6.48. The number of rotatable bonds is 1. The van der Waals surface area contributed by atoms with Crippen molar-refractivity contribution in [2.24, 2.45) is 0 Å². The van der Waals surface area contributed by atoms with E-state index in [0.29, 0.717) is 0 Å². The highest BCUT2D eigenvalue weighted by atomic mass is 16.5. The molecule has 1 aromatic heterocycles. The molecule has 13 heavy (non-hydrogen) atoms. The molecular formula is C9H15N3O. The van der Waals surface area contributed by atoms with Crippen molar-refractivity contribution in [2.45, 2.75) is 25.2 Å². The normalized spacial score (nSPS) is 23.2. The van der Waals surface area contributed by atoms with Gasteiger partial charge in [-0.15, -0.1) is 0 Å². The van der Waals surface area contributed by atoms with Gasteiger partial charge < -0.3 is 9.42 Å². The second kappa shape index (κ2) is 3.10. The smallest absolute Gasteiger partial charge is 0.213 e. The fourth-order valence-electron chi connectivity index (χ4n) is 1.77. The Morgan fingerprint density at radius 3 is 2.69 bits per heavy atom. The van der Waals surface area contributed by atoms with Crippen molar-refractivity contribution in [1.29, 1.82) is 0 Å². The molecule has 1 aromatic rings. The van der Waals surface area contributed by atoms with Crippen molar-refractivity contribution in [2.75, 3.05) is 20.1 Å². The third kappa shape index (κ3) is 1.58. The van der Waals surface area contributed by atoms with E-state index in [0.717, 1.165) is 31.8 Å². The van der Waals surface area contributed by atoms with E-state index >= 15 is 0 Å². The molecule has 0 unspecified atom stereocenters. The van der Waals surface area contributed by atoms with E-state index in [-0.39, 0.29) is 5.41 Å². The minimum atomic E-state index is 0.125. The van der Waals surface area contributed by atoms with Gasteiger partial charge in [-0.3, -0.25) is 0 Å². The van der Waals surface area contributed by atoms with E-state index in [4.69, 9.17) is 4.52 Å². The quantitative estimate of drug-likeness (QED) is 0.649. The summed E-state index contributed by atoms with van der Waals surface area (Å²) >= 11 is 0. The minimum absolute atomic E-state index is 0.125. The summed E-state index contributed by atoms with van der Waals surface area (Å²) < 4.78 is 4.79. The molecule has 1 aliphatic rings. The highest BCUT2D eigenvalue weighted by Crippen LogP contribution is 2.31. The molecule has 1 aliphatic heterocycles. The SMILES string of the molecule is CN1CCC(C)(c2ncon2)CC1. The maximum Gasteiger partial charge on any atom is 0.213 e. The van der Waals surface area contributed by atoms with Crippen LogP contribution in [0.25, 0.3) is 0 Å². The van der Waals surface area contributed by atoms with Gasteiger partial charge in [0.15, 0.2) is 5.82 Å². The van der Waals surface area contributed by atoms with Gasteiger partial charge in [-0.2, -0.15) is 4.98 Å². The van der Waals surface area contributed by atoms with E-state index in [1.54, 1.807) is 0 Å². The average molecular weight is 181 g/mol. The first-order valence-corrected chi connectivity index (χ1v) is 4.66. The first-order valence-electron chi connectivity index (χ1n) is 4.66. The van der Waals surface area contributed by atoms with Gasteiger partial charge in [0.25, 0.3) is 0 Å². The molecule has 0 spiro atoms. The standard InChI is InChI=1S/C9H15N3O/c1-9(8-10-7-13-11-8)3-5-12(2)6-4-9/h7H,3-6H2,1-2H3. The lowest BCUT2D eigenvalue weighted by atomic mass is 9.80. The van der Waals surface area contributed by atoms with Crippen LogP contribution in [0.3, 0.4) is 0 Å². The zero-order valence-electron chi connectivity index (χ0n) is 8.16. The highest BCUT2D eigenvalue weighted by Gasteiger charge is 2.34. The largest absolute Gasteiger partial charge is 0.343 e. The number of hydrogen-bond donors (Lipinski definition) is 0. The van der Waals surface area contributed by atoms with E-state index in [1.165, 1.54) is 6.39 Å². The van der Waals surface area contributed by atoms with E-state index in [1.807, 2.05) is 0 Å². The van der Waals surface area contributed by atoms with Crippen LogP contribution in [0, 0.1) is 0 Å². The molecule has 0 aromatic carbocycles. The lowest BCUT2D eigenvalue weighted by Crippen LogP contribution is -2.39. The second-order valence-corrected chi connectivity index (χ2v) is 4.12. The predicted octanol–water partition coefficient (Wildman–Crippen LogP) is 1.05. The summed E-state index contributed by atoms with van der Waals surface area (Å²) in [5, 5.41) is 3.93. The molecule has 0 radical (unpaired) electrons. The molecule has 72 valence electrons. The van der Waals surface area contributed by atoms with Crippen molar-refractivity contribution in [3.05, 3.63) is 12.2 Å². The van der Waals surface area contributed by atoms with Crippen molar-refractivity contribution in [1.82, 2.24) is 15.0 Å². The predicted molar refractivity (Wildman–Crippen MR) is 48.4 cm³/mol. The molecule has 2 heterocycles. The van der Waals surface area contributed by atoms with Crippen LogP contribution >= 0.6 is 0 Å². The Hall–Kier alpha value is -0.900. The monoisotopic (exact) mass is 181 g/mol. The van der Waals surface area contributed by atoms with E-state index < -0.39 is 0 Å². The summed E-state index contributed by atoms with van der Waals surface area (Å²) in [5.74, 6) is 0.862. The Morgan fingerprint density at radius 2 is 2.15 bits per heavy atom. The minimum Gasteiger partial charge on any atom is -0.343 e. The maximum absolute atomic E-state index is 4.79. The molecule has 0 atom stereocenters. The topological polar surface area (TPSA) is 42.2 Å². The number of hydrogen-bond acceptors (Lipinski definition) is 4. The number of nitrogens with zero attached hydrogens (tertiary/aromatic N) is 3. The summed E-state index contributed by atoms with van der Waals surface area (Å²) in [6.07, 6.45) is 3.64. The van der Waals surface area contributed by atoms with Crippen LogP contribution in [-0.4, -0.2) is 35.2 Å². The molecule has 2 rings (SSSR count). The van der Waals surface area contributed by atoms with Crippen molar-refractivity contribution < 1.29 is 4.52 Å². The third-order valence-electron chi connectivity index (χ3n) is 2.99. The van der Waals surface area contributed by atoms with Crippen molar-refractivity contribution in [3.8, 4) is 0 Å². The average Bonchev–Trinajstić information content (AvgIpc) is 2.63. The van der Waals surface area contributed by atoms with Gasteiger partial charge in [0.2, 0.25) is 6.39 Å². The van der Waals surface area contributed by atoms with Crippen LogP contribution in [0.5, 0.6) is 0 Å². The summed E-state index contributed by atoms with van der Waals surface area (Å²) in [5.41, 5.74) is 0.125. The van der Waals surface area contributed by atoms with Gasteiger partial charge in [-0.05, 0) is 33.0 Å². The Bertz CT molecular complexity index is 262. The number of aromatic nitrogens is 2. The zero-order chi connectivity index (χ0) is 9.31. The van der Waals surface area contributed by atoms with Gasteiger partial charge in [0.05, 0.1) is 0 Å². The molecule has 0 bridgehead atoms. The first-order chi connectivity index (χ1) is 6.21. The van der Waals surface area contributed by atoms with Crippen LogP contribution in [-0.2, 0) is 5.41 Å². The van der Waals surface area contributed by atoms with Gasteiger partial charge in [0, 0.05) is 5.41 Å². The second-order valence-electron chi connectivity index (χ2n) is 4.12. The molecule has 0 amide bonds. The fraction of sp³-hybridized carbons (Fsp3) is 0.778. The van der Waals surface area contributed by atoms with Crippen molar-refractivity contribution >= 4 is 0 Å². The van der Waals surface area contributed by atoms with E-state index in [2.05, 4.69) is 29.0 Å². The van der Waals surface area contributed by atoms with Crippen LogP contribution < -0.4 is 0 Å². The van der Waals surface area contributed by atoms with E-state index in [9.17, 15) is 0 Å². The lowest BCUT2D eigenvalue weighted by molar-refractivity contribution is 0.190. The van der Waals surface area contributed by atoms with Crippen LogP contribution in [0.15, 0.2) is 10.9 Å². The summed E-state index contributed by atoms with van der Waals surface area (Å²) in [6, 6.07) is 0. The lowest BCUT2D eigenvalue weighted by Gasteiger charge is -2.35. The molecule has 1 fully saturated rings. The van der Waals surface area contributed by atoms with Crippen LogP contribution in [0.1, 0.15) is 25.6 Å². The van der Waals surface area contributed by atoms with Crippen LogP contribution in [0.2, 0.25) is 0 Å². The zero-order valence-corrected chi connectivity index (χ0v) is 8.16. The molecule has 1 saturated heterocycles. The number of piperidine rings is 1. The Labute approximate surface area is 77.9 Å². The fourth-order valence-corrected chi connectivity index (χ4v) is 1.77. The molecule has 4 nitrogen and oxygen atoms in total. The summed E-state index contributed by atoms with van der Waals surface area (Å²) in [6.45, 7) is 4.45. The summed E-state index contributed by atoms with van der Waals surface area (Å²) in [7, 11) is 2.15. The van der Waals surface area contributed by atoms with Gasteiger partial charge in [0.1, 0.15) is 0 Å². The molecule has 4 heteroatoms. The Balaban J connectivity index is 2.13. The molecule has 0 N–H and O–H groups in total. The van der Waals surface area contributed by atoms with Crippen molar-refractivity contribution in [3.63, 3.8) is 0 Å². The first kappa shape index (κ1) is 8.69. The highest BCUT2D eigenvalue weighted by molar-refractivity contribution is 5.05. The molecular weight excluding hydrogens is 166 g/mol. The Kier molecular flexibility index (Phi) is 2.07. The maximum atomic E-state index is 4.79. The van der Waals surface area contributed by atoms with Crippen LogP contribution in [0.4, 0.5) is 0 Å². The van der Waals surface area contributed by atoms with Gasteiger partial charge in [-0.25, -0.2) is 0 Å². The van der Waals surface area contributed by atoms with Gasteiger partial charge in [-0.1, -0.05) is 12.1 Å². The molecule has 0 saturated carbocycles. The Morgan fingerprint density at radius 1 is 1.46 bits per heavy atom. The van der Waals surface area contributed by atoms with Gasteiger partial charge >= 0.3 is 0 Å².